The lowest BCUT2D eigenvalue weighted by Crippen LogP contribution is -2.30. The number of anilines is 1. The van der Waals surface area contributed by atoms with Crippen molar-refractivity contribution >= 4 is 22.7 Å². The van der Waals surface area contributed by atoms with Crippen molar-refractivity contribution in [1.29, 1.82) is 0 Å². The first kappa shape index (κ1) is 19.9. The van der Waals surface area contributed by atoms with Crippen LogP contribution in [0.3, 0.4) is 0 Å². The first-order chi connectivity index (χ1) is 15.7. The van der Waals surface area contributed by atoms with E-state index in [1.165, 1.54) is 0 Å². The molecule has 160 valence electrons. The predicted octanol–water partition coefficient (Wildman–Crippen LogP) is 4.81. The summed E-state index contributed by atoms with van der Waals surface area (Å²) in [6.07, 6.45) is 0.331. The number of carbonyl (C=O) groups is 1. The summed E-state index contributed by atoms with van der Waals surface area (Å²) < 4.78 is 7.68. The molecular formula is C25H23N5O2. The molecule has 0 saturated heterocycles. The number of fused-ring (bicyclic) bond motifs is 2. The van der Waals surface area contributed by atoms with E-state index in [4.69, 9.17) is 4.74 Å². The Balaban J connectivity index is 1.60. The molecule has 0 radical (unpaired) electrons. The number of benzene rings is 3. The second-order valence-corrected chi connectivity index (χ2v) is 7.79. The van der Waals surface area contributed by atoms with Crippen molar-refractivity contribution in [2.45, 2.75) is 32.4 Å². The first-order valence-electron chi connectivity index (χ1n) is 10.7. The van der Waals surface area contributed by atoms with Crippen molar-refractivity contribution in [2.24, 2.45) is 0 Å². The molecule has 4 aromatic rings. The van der Waals surface area contributed by atoms with Gasteiger partial charge in [-0.1, -0.05) is 84.8 Å². The second-order valence-electron chi connectivity index (χ2n) is 7.79. The van der Waals surface area contributed by atoms with Crippen molar-refractivity contribution in [1.82, 2.24) is 20.2 Å². The third kappa shape index (κ3) is 3.41. The predicted molar refractivity (Wildman–Crippen MR) is 122 cm³/mol. The third-order valence-corrected chi connectivity index (χ3v) is 5.84. The normalized spacial score (nSPS) is 16.4. The maximum atomic E-state index is 13.6. The number of hydrogen-bond acceptors (Lipinski definition) is 6. The number of allylic oxidation sites excluding steroid dienone is 1. The minimum absolute atomic E-state index is 0.340. The average Bonchev–Trinajstić information content (AvgIpc) is 3.30. The van der Waals surface area contributed by atoms with Crippen LogP contribution in [0, 0.1) is 0 Å². The molecule has 32 heavy (non-hydrogen) atoms. The number of tetrazole rings is 1. The molecule has 0 fully saturated rings. The van der Waals surface area contributed by atoms with Gasteiger partial charge in [0.05, 0.1) is 5.57 Å². The fourth-order valence-electron chi connectivity index (χ4n) is 4.30. The Kier molecular flexibility index (Phi) is 5.15. The van der Waals surface area contributed by atoms with Crippen molar-refractivity contribution in [2.75, 3.05) is 5.32 Å². The second kappa shape index (κ2) is 8.26. The molecule has 7 nitrogen and oxygen atoms in total. The van der Waals surface area contributed by atoms with E-state index >= 15 is 0 Å². The quantitative estimate of drug-likeness (QED) is 0.462. The molecule has 0 spiro atoms. The highest BCUT2D eigenvalue weighted by Gasteiger charge is 2.36. The van der Waals surface area contributed by atoms with E-state index in [0.29, 0.717) is 23.6 Å². The maximum absolute atomic E-state index is 13.6. The summed E-state index contributed by atoms with van der Waals surface area (Å²) in [5.74, 6) is 0.108. The van der Waals surface area contributed by atoms with E-state index in [-0.39, 0.29) is 12.1 Å². The standard InChI is InChI=1S/C25H23N5O2/c1-3-21(18-11-5-4-6-12-18)32-24(31)22-16(2)26-25-27-28-29-30(25)23(22)20-15-9-13-17-10-7-8-14-19(17)20/h4-15,21,23H,3H2,1-2H3,(H,26,27,29). The molecule has 3 aromatic carbocycles. The van der Waals surface area contributed by atoms with Gasteiger partial charge in [-0.05, 0) is 45.7 Å². The number of ether oxygens (including phenoxy) is 1. The van der Waals surface area contributed by atoms with Crippen LogP contribution in [0.1, 0.15) is 43.5 Å². The lowest BCUT2D eigenvalue weighted by molar-refractivity contribution is -0.145. The molecular weight excluding hydrogens is 402 g/mol. The Morgan fingerprint density at radius 3 is 2.62 bits per heavy atom. The van der Waals surface area contributed by atoms with Crippen LogP contribution >= 0.6 is 0 Å². The van der Waals surface area contributed by atoms with Gasteiger partial charge in [0.2, 0.25) is 5.95 Å². The number of rotatable bonds is 5. The van der Waals surface area contributed by atoms with Crippen LogP contribution in [0.5, 0.6) is 0 Å². The van der Waals surface area contributed by atoms with Gasteiger partial charge in [-0.15, -0.1) is 0 Å². The van der Waals surface area contributed by atoms with Gasteiger partial charge in [-0.2, -0.15) is 4.68 Å². The molecule has 2 atom stereocenters. The zero-order valence-electron chi connectivity index (χ0n) is 17.9. The van der Waals surface area contributed by atoms with E-state index in [2.05, 4.69) is 33.0 Å². The van der Waals surface area contributed by atoms with Crippen LogP contribution in [-0.2, 0) is 9.53 Å². The van der Waals surface area contributed by atoms with E-state index in [1.807, 2.05) is 74.5 Å². The van der Waals surface area contributed by atoms with Crippen molar-refractivity contribution in [3.05, 3.63) is 95.2 Å². The van der Waals surface area contributed by atoms with Crippen molar-refractivity contribution < 1.29 is 9.53 Å². The number of nitrogens with one attached hydrogen (secondary N) is 1. The Morgan fingerprint density at radius 2 is 1.81 bits per heavy atom. The molecule has 1 aromatic heterocycles. The lowest BCUT2D eigenvalue weighted by Gasteiger charge is -2.29. The zero-order valence-corrected chi connectivity index (χ0v) is 17.9. The maximum Gasteiger partial charge on any atom is 0.338 e. The minimum Gasteiger partial charge on any atom is -0.454 e. The summed E-state index contributed by atoms with van der Waals surface area (Å²) in [6.45, 7) is 3.86. The monoisotopic (exact) mass is 425 g/mol. The number of esters is 1. The Labute approximate surface area is 185 Å². The van der Waals surface area contributed by atoms with Gasteiger partial charge in [-0.3, -0.25) is 0 Å². The van der Waals surface area contributed by atoms with Crippen LogP contribution in [0.2, 0.25) is 0 Å². The van der Waals surface area contributed by atoms with Crippen LogP contribution in [-0.4, -0.2) is 26.2 Å². The Bertz CT molecular complexity index is 1310. The summed E-state index contributed by atoms with van der Waals surface area (Å²) in [4.78, 5) is 13.6. The van der Waals surface area contributed by atoms with Gasteiger partial charge in [-0.25, -0.2) is 4.79 Å². The summed E-state index contributed by atoms with van der Waals surface area (Å²) in [7, 11) is 0. The van der Waals surface area contributed by atoms with Gasteiger partial charge in [0.15, 0.2) is 0 Å². The minimum atomic E-state index is -0.506. The highest BCUT2D eigenvalue weighted by Crippen LogP contribution is 2.38. The van der Waals surface area contributed by atoms with Crippen molar-refractivity contribution in [3.63, 3.8) is 0 Å². The summed E-state index contributed by atoms with van der Waals surface area (Å²) in [5.41, 5.74) is 3.08. The smallest absolute Gasteiger partial charge is 0.338 e. The molecule has 0 saturated carbocycles. The number of aromatic nitrogens is 4. The largest absolute Gasteiger partial charge is 0.454 e. The van der Waals surface area contributed by atoms with Gasteiger partial charge in [0.25, 0.3) is 0 Å². The van der Waals surface area contributed by atoms with Crippen LogP contribution in [0.15, 0.2) is 84.1 Å². The molecule has 1 aliphatic rings. The van der Waals surface area contributed by atoms with Gasteiger partial charge in [0.1, 0.15) is 12.1 Å². The highest BCUT2D eigenvalue weighted by atomic mass is 16.5. The van der Waals surface area contributed by atoms with Gasteiger partial charge >= 0.3 is 5.97 Å². The molecule has 2 unspecified atom stereocenters. The SMILES string of the molecule is CCC(OC(=O)C1=C(C)Nc2nnnn2C1c1cccc2ccccc12)c1ccccc1. The Hall–Kier alpha value is -4.00. The Morgan fingerprint density at radius 1 is 1.06 bits per heavy atom. The van der Waals surface area contributed by atoms with E-state index < -0.39 is 6.04 Å². The number of nitrogens with zero attached hydrogens (tertiary/aromatic N) is 4. The topological polar surface area (TPSA) is 81.9 Å². The van der Waals surface area contributed by atoms with E-state index in [1.54, 1.807) is 4.68 Å². The molecule has 5 rings (SSSR count). The molecule has 1 aliphatic heterocycles. The fourth-order valence-corrected chi connectivity index (χ4v) is 4.30. The summed E-state index contributed by atoms with van der Waals surface area (Å²) in [5, 5.41) is 17.4. The van der Waals surface area contributed by atoms with Gasteiger partial charge in [0, 0.05) is 5.70 Å². The van der Waals surface area contributed by atoms with Crippen LogP contribution in [0.4, 0.5) is 5.95 Å². The molecule has 1 N–H and O–H groups in total. The summed E-state index contributed by atoms with van der Waals surface area (Å²) in [6, 6.07) is 23.4. The molecule has 7 heteroatoms. The van der Waals surface area contributed by atoms with Gasteiger partial charge < -0.3 is 10.1 Å². The zero-order chi connectivity index (χ0) is 22.1. The van der Waals surface area contributed by atoms with E-state index in [0.717, 1.165) is 21.9 Å². The van der Waals surface area contributed by atoms with E-state index in [9.17, 15) is 4.79 Å². The third-order valence-electron chi connectivity index (χ3n) is 5.84. The first-order valence-corrected chi connectivity index (χ1v) is 10.7. The number of hydrogen-bond donors (Lipinski definition) is 1. The molecule has 0 amide bonds. The van der Waals surface area contributed by atoms with Crippen molar-refractivity contribution in [3.8, 4) is 0 Å². The fraction of sp³-hybridized carbons (Fsp3) is 0.200. The molecule has 0 bridgehead atoms. The number of carbonyl (C=O) groups excluding carboxylic acids is 1. The summed E-state index contributed by atoms with van der Waals surface area (Å²) >= 11 is 0. The lowest BCUT2D eigenvalue weighted by atomic mass is 9.91. The van der Waals surface area contributed by atoms with Crippen LogP contribution < -0.4 is 5.32 Å². The van der Waals surface area contributed by atoms with Crippen LogP contribution in [0.25, 0.3) is 10.8 Å². The highest BCUT2D eigenvalue weighted by molar-refractivity contribution is 5.95. The molecule has 0 aliphatic carbocycles. The average molecular weight is 425 g/mol. The molecule has 2 heterocycles.